The SMILES string of the molecule is O=C(O)C(CCS)N[C@@H]1C=Cc2ccccc2N1C(=O)c1ccccc1-c1ccccc1. The van der Waals surface area contributed by atoms with Crippen LogP contribution in [0.4, 0.5) is 5.69 Å². The molecule has 0 spiro atoms. The van der Waals surface area contributed by atoms with Gasteiger partial charge in [0, 0.05) is 5.56 Å². The lowest BCUT2D eigenvalue weighted by Gasteiger charge is -2.36. The zero-order chi connectivity index (χ0) is 22.5. The first-order chi connectivity index (χ1) is 15.6. The number of carbonyl (C=O) groups excluding carboxylic acids is 1. The number of carboxylic acids is 1. The normalized spacial score (nSPS) is 15.8. The van der Waals surface area contributed by atoms with Gasteiger partial charge in [0.2, 0.25) is 0 Å². The quantitative estimate of drug-likeness (QED) is 0.462. The summed E-state index contributed by atoms with van der Waals surface area (Å²) in [6, 6.07) is 24.0. The van der Waals surface area contributed by atoms with Crippen LogP contribution in [-0.2, 0) is 4.79 Å². The van der Waals surface area contributed by atoms with Gasteiger partial charge in [0.25, 0.3) is 5.91 Å². The van der Waals surface area contributed by atoms with E-state index in [4.69, 9.17) is 0 Å². The number of hydrogen-bond acceptors (Lipinski definition) is 4. The number of anilines is 1. The van der Waals surface area contributed by atoms with Crippen LogP contribution in [-0.4, -0.2) is 34.9 Å². The van der Waals surface area contributed by atoms with Gasteiger partial charge in [-0.3, -0.25) is 19.8 Å². The van der Waals surface area contributed by atoms with Gasteiger partial charge < -0.3 is 5.11 Å². The number of fused-ring (bicyclic) bond motifs is 1. The third kappa shape index (κ3) is 4.47. The van der Waals surface area contributed by atoms with E-state index in [0.717, 1.165) is 22.4 Å². The first-order valence-electron chi connectivity index (χ1n) is 10.4. The number of amides is 1. The number of carbonyl (C=O) groups is 2. The summed E-state index contributed by atoms with van der Waals surface area (Å²) in [6.07, 6.45) is 3.48. The molecule has 0 fully saturated rings. The van der Waals surface area contributed by atoms with E-state index in [1.165, 1.54) is 0 Å². The van der Waals surface area contributed by atoms with Crippen molar-refractivity contribution < 1.29 is 14.7 Å². The second-order valence-electron chi connectivity index (χ2n) is 7.52. The molecule has 1 aliphatic rings. The molecule has 3 aromatic rings. The standard InChI is InChI=1S/C26H24N2O3S/c29-25(21-12-6-5-11-20(21)18-8-2-1-3-9-18)28-23-13-7-4-10-19(23)14-15-24(28)27-22(16-17-32)26(30)31/h1-15,22,24,27,32H,16-17H2,(H,30,31)/t22?,24-/m0/s1. The molecule has 0 saturated carbocycles. The molecule has 1 heterocycles. The summed E-state index contributed by atoms with van der Waals surface area (Å²) in [4.78, 5) is 27.4. The van der Waals surface area contributed by atoms with Crippen molar-refractivity contribution in [2.75, 3.05) is 10.7 Å². The van der Waals surface area contributed by atoms with Gasteiger partial charge in [-0.2, -0.15) is 12.6 Å². The van der Waals surface area contributed by atoms with Crippen LogP contribution in [0.25, 0.3) is 17.2 Å². The predicted octanol–water partition coefficient (Wildman–Crippen LogP) is 4.72. The summed E-state index contributed by atoms with van der Waals surface area (Å²) < 4.78 is 0. The van der Waals surface area contributed by atoms with Gasteiger partial charge >= 0.3 is 5.97 Å². The van der Waals surface area contributed by atoms with Crippen LogP contribution >= 0.6 is 12.6 Å². The molecular formula is C26H24N2O3S. The topological polar surface area (TPSA) is 69.6 Å². The Kier molecular flexibility index (Phi) is 6.73. The highest BCUT2D eigenvalue weighted by Gasteiger charge is 2.32. The molecule has 6 heteroatoms. The van der Waals surface area contributed by atoms with Crippen LogP contribution in [0.15, 0.2) is 84.9 Å². The molecule has 1 unspecified atom stereocenters. The van der Waals surface area contributed by atoms with Crippen LogP contribution in [0.2, 0.25) is 0 Å². The van der Waals surface area contributed by atoms with E-state index in [1.54, 1.807) is 4.90 Å². The second-order valence-corrected chi connectivity index (χ2v) is 7.97. The minimum atomic E-state index is -0.969. The van der Waals surface area contributed by atoms with Crippen LogP contribution in [0.5, 0.6) is 0 Å². The van der Waals surface area contributed by atoms with Crippen molar-refractivity contribution in [3.63, 3.8) is 0 Å². The summed E-state index contributed by atoms with van der Waals surface area (Å²) in [5.41, 5.74) is 3.96. The van der Waals surface area contributed by atoms with E-state index in [0.29, 0.717) is 17.7 Å². The Bertz CT molecular complexity index is 1150. The highest BCUT2D eigenvalue weighted by atomic mass is 32.1. The minimum absolute atomic E-state index is 0.200. The van der Waals surface area contributed by atoms with Crippen molar-refractivity contribution in [2.24, 2.45) is 0 Å². The van der Waals surface area contributed by atoms with E-state index in [9.17, 15) is 14.7 Å². The molecule has 3 aromatic carbocycles. The second kappa shape index (κ2) is 9.85. The molecule has 5 nitrogen and oxygen atoms in total. The molecule has 162 valence electrons. The Balaban J connectivity index is 1.77. The fourth-order valence-electron chi connectivity index (χ4n) is 3.93. The molecule has 0 aromatic heterocycles. The van der Waals surface area contributed by atoms with Crippen molar-refractivity contribution in [1.82, 2.24) is 5.32 Å². The lowest BCUT2D eigenvalue weighted by Crippen LogP contribution is -2.54. The zero-order valence-corrected chi connectivity index (χ0v) is 18.3. The number of nitrogens with zero attached hydrogens (tertiary/aromatic N) is 1. The van der Waals surface area contributed by atoms with Gasteiger partial charge in [0.05, 0.1) is 5.69 Å². The van der Waals surface area contributed by atoms with Gasteiger partial charge in [0.1, 0.15) is 12.2 Å². The number of hydrogen-bond donors (Lipinski definition) is 3. The van der Waals surface area contributed by atoms with E-state index >= 15 is 0 Å². The van der Waals surface area contributed by atoms with Gasteiger partial charge in [-0.05, 0) is 47.1 Å². The lowest BCUT2D eigenvalue weighted by molar-refractivity contribution is -0.139. The maximum Gasteiger partial charge on any atom is 0.320 e. The monoisotopic (exact) mass is 444 g/mol. The molecule has 4 rings (SSSR count). The molecule has 1 amide bonds. The van der Waals surface area contributed by atoms with Crippen LogP contribution in [0.1, 0.15) is 22.3 Å². The van der Waals surface area contributed by atoms with Crippen LogP contribution < -0.4 is 10.2 Å². The van der Waals surface area contributed by atoms with Gasteiger partial charge in [-0.25, -0.2) is 0 Å². The average Bonchev–Trinajstić information content (AvgIpc) is 2.83. The fourth-order valence-corrected chi connectivity index (χ4v) is 4.18. The number of aliphatic carboxylic acids is 1. The smallest absolute Gasteiger partial charge is 0.320 e. The van der Waals surface area contributed by atoms with E-state index in [2.05, 4.69) is 17.9 Å². The molecule has 0 radical (unpaired) electrons. The summed E-state index contributed by atoms with van der Waals surface area (Å²) in [7, 11) is 0. The Hall–Kier alpha value is -3.35. The lowest BCUT2D eigenvalue weighted by atomic mass is 9.97. The number of benzene rings is 3. The summed E-state index contributed by atoms with van der Waals surface area (Å²) >= 11 is 4.19. The number of nitrogens with one attached hydrogen (secondary N) is 1. The number of para-hydroxylation sites is 1. The predicted molar refractivity (Wildman–Crippen MR) is 131 cm³/mol. The summed E-state index contributed by atoms with van der Waals surface area (Å²) in [6.45, 7) is 0. The highest BCUT2D eigenvalue weighted by molar-refractivity contribution is 7.80. The molecule has 2 atom stereocenters. The Labute approximate surface area is 192 Å². The van der Waals surface area contributed by atoms with Crippen LogP contribution in [0.3, 0.4) is 0 Å². The number of carboxylic acid groups (broad SMARTS) is 1. The summed E-state index contributed by atoms with van der Waals surface area (Å²) in [5, 5.41) is 12.8. The maximum atomic E-state index is 14.0. The van der Waals surface area contributed by atoms with Gasteiger partial charge in [-0.15, -0.1) is 0 Å². The molecule has 0 aliphatic carbocycles. The Morgan fingerprint density at radius 2 is 1.66 bits per heavy atom. The van der Waals surface area contributed by atoms with Crippen LogP contribution in [0, 0.1) is 0 Å². The van der Waals surface area contributed by atoms with Crippen molar-refractivity contribution in [3.8, 4) is 11.1 Å². The average molecular weight is 445 g/mol. The van der Waals surface area contributed by atoms with Gasteiger partial charge in [-0.1, -0.05) is 72.8 Å². The molecule has 32 heavy (non-hydrogen) atoms. The molecule has 2 N–H and O–H groups in total. The third-order valence-electron chi connectivity index (χ3n) is 5.48. The largest absolute Gasteiger partial charge is 0.480 e. The van der Waals surface area contributed by atoms with Crippen molar-refractivity contribution in [1.29, 1.82) is 0 Å². The summed E-state index contributed by atoms with van der Waals surface area (Å²) in [5.74, 6) is -0.751. The zero-order valence-electron chi connectivity index (χ0n) is 17.4. The molecule has 1 aliphatic heterocycles. The van der Waals surface area contributed by atoms with E-state index in [-0.39, 0.29) is 5.91 Å². The van der Waals surface area contributed by atoms with E-state index < -0.39 is 18.2 Å². The first kappa shape index (κ1) is 21.9. The molecule has 0 saturated heterocycles. The van der Waals surface area contributed by atoms with Crippen molar-refractivity contribution >= 4 is 36.3 Å². The maximum absolute atomic E-state index is 14.0. The Morgan fingerprint density at radius 1 is 0.969 bits per heavy atom. The molecular weight excluding hydrogens is 420 g/mol. The fraction of sp³-hybridized carbons (Fsp3) is 0.154. The van der Waals surface area contributed by atoms with Crippen molar-refractivity contribution in [2.45, 2.75) is 18.6 Å². The number of thiol groups is 1. The number of rotatable bonds is 7. The third-order valence-corrected chi connectivity index (χ3v) is 5.74. The Morgan fingerprint density at radius 3 is 2.41 bits per heavy atom. The van der Waals surface area contributed by atoms with Gasteiger partial charge in [0.15, 0.2) is 0 Å². The highest BCUT2D eigenvalue weighted by Crippen LogP contribution is 2.32. The van der Waals surface area contributed by atoms with E-state index in [1.807, 2.05) is 91.0 Å². The minimum Gasteiger partial charge on any atom is -0.480 e. The first-order valence-corrected chi connectivity index (χ1v) is 11.1. The molecule has 0 bridgehead atoms. The van der Waals surface area contributed by atoms with Crippen molar-refractivity contribution in [3.05, 3.63) is 96.1 Å².